The van der Waals surface area contributed by atoms with Crippen LogP contribution in [0.25, 0.3) is 0 Å². The van der Waals surface area contributed by atoms with Gasteiger partial charge in [-0.2, -0.15) is 11.8 Å². The Balaban J connectivity index is 1.52. The molecule has 1 aromatic carbocycles. The Morgan fingerprint density at radius 2 is 1.97 bits per heavy atom. The third kappa shape index (κ3) is 4.33. The molecule has 0 radical (unpaired) electrons. The number of nitrogens with zero attached hydrogens (tertiary/aromatic N) is 1. The zero-order valence-corrected chi connectivity index (χ0v) is 20.0. The SMILES string of the molecule is CSCC[C@H](NC(=O)[C@H]1N2C(=O)c3ccccc3[C@H]2SC1(C)C)C(=O)NC1CCCC1. The van der Waals surface area contributed by atoms with Gasteiger partial charge in [0.05, 0.1) is 0 Å². The van der Waals surface area contributed by atoms with E-state index in [-0.39, 0.29) is 29.1 Å². The van der Waals surface area contributed by atoms with Crippen molar-refractivity contribution in [3.63, 3.8) is 0 Å². The molecular weight excluding hydrogens is 430 g/mol. The molecule has 1 aromatic rings. The normalized spacial score (nSPS) is 25.3. The highest BCUT2D eigenvalue weighted by Gasteiger charge is 2.57. The van der Waals surface area contributed by atoms with Gasteiger partial charge in [-0.1, -0.05) is 31.0 Å². The molecule has 3 atom stereocenters. The highest BCUT2D eigenvalue weighted by Crippen LogP contribution is 2.56. The summed E-state index contributed by atoms with van der Waals surface area (Å²) in [5.74, 6) is 0.330. The lowest BCUT2D eigenvalue weighted by Gasteiger charge is -2.31. The van der Waals surface area contributed by atoms with Crippen molar-refractivity contribution in [1.29, 1.82) is 0 Å². The van der Waals surface area contributed by atoms with Crippen LogP contribution in [0.5, 0.6) is 0 Å². The molecule has 8 heteroatoms. The fourth-order valence-electron chi connectivity index (χ4n) is 4.93. The fourth-order valence-corrected chi connectivity index (χ4v) is 6.99. The second kappa shape index (κ2) is 9.06. The molecule has 1 saturated heterocycles. The van der Waals surface area contributed by atoms with Gasteiger partial charge in [-0.25, -0.2) is 0 Å². The lowest BCUT2D eigenvalue weighted by Crippen LogP contribution is -2.57. The Morgan fingerprint density at radius 3 is 2.68 bits per heavy atom. The summed E-state index contributed by atoms with van der Waals surface area (Å²) in [6, 6.07) is 6.59. The smallest absolute Gasteiger partial charge is 0.256 e. The van der Waals surface area contributed by atoms with Crippen molar-refractivity contribution in [2.24, 2.45) is 0 Å². The average Bonchev–Trinajstić information content (AvgIpc) is 3.41. The molecule has 0 bridgehead atoms. The summed E-state index contributed by atoms with van der Waals surface area (Å²) in [6.07, 6.45) is 6.85. The van der Waals surface area contributed by atoms with Crippen molar-refractivity contribution >= 4 is 41.2 Å². The molecule has 2 fully saturated rings. The van der Waals surface area contributed by atoms with E-state index >= 15 is 0 Å². The maximum atomic E-state index is 13.5. The number of hydrogen-bond donors (Lipinski definition) is 2. The molecule has 6 nitrogen and oxygen atoms in total. The lowest BCUT2D eigenvalue weighted by molar-refractivity contribution is -0.132. The zero-order chi connectivity index (χ0) is 22.2. The Bertz CT molecular complexity index is 869. The monoisotopic (exact) mass is 461 g/mol. The summed E-state index contributed by atoms with van der Waals surface area (Å²) >= 11 is 3.30. The van der Waals surface area contributed by atoms with E-state index in [2.05, 4.69) is 10.6 Å². The topological polar surface area (TPSA) is 78.5 Å². The predicted molar refractivity (Wildman–Crippen MR) is 126 cm³/mol. The number of thioether (sulfide) groups is 2. The van der Waals surface area contributed by atoms with E-state index in [1.807, 2.05) is 44.4 Å². The average molecular weight is 462 g/mol. The highest BCUT2D eigenvalue weighted by atomic mass is 32.2. The molecule has 0 aromatic heterocycles. The molecule has 168 valence electrons. The summed E-state index contributed by atoms with van der Waals surface area (Å²) in [4.78, 5) is 41.3. The van der Waals surface area contributed by atoms with Crippen LogP contribution >= 0.6 is 23.5 Å². The first kappa shape index (κ1) is 22.5. The number of amides is 3. The molecule has 3 amide bonds. The Hall–Kier alpha value is -1.67. The van der Waals surface area contributed by atoms with Crippen molar-refractivity contribution in [2.45, 2.75) is 74.2 Å². The van der Waals surface area contributed by atoms with Gasteiger partial charge < -0.3 is 15.5 Å². The van der Waals surface area contributed by atoms with Crippen molar-refractivity contribution in [3.05, 3.63) is 35.4 Å². The summed E-state index contributed by atoms with van der Waals surface area (Å²) in [5.41, 5.74) is 1.64. The van der Waals surface area contributed by atoms with Gasteiger partial charge >= 0.3 is 0 Å². The molecule has 0 spiro atoms. The van der Waals surface area contributed by atoms with Gasteiger partial charge in [0.2, 0.25) is 11.8 Å². The van der Waals surface area contributed by atoms with Crippen LogP contribution in [0.15, 0.2) is 24.3 Å². The molecule has 2 N–H and O–H groups in total. The Kier molecular flexibility index (Phi) is 6.58. The van der Waals surface area contributed by atoms with Crippen LogP contribution in [0.1, 0.15) is 67.2 Å². The quantitative estimate of drug-likeness (QED) is 0.651. The standard InChI is InChI=1S/C23H31N3O3S2/c1-23(2)18(26-21(29)15-10-6-7-11-16(15)22(26)31-23)20(28)25-17(12-13-30-3)19(27)24-14-8-4-5-9-14/h6-7,10-11,14,17-18,22H,4-5,8-9,12-13H2,1-3H3,(H,24,27)(H,25,28)/t17-,18+,22+/m0/s1. The highest BCUT2D eigenvalue weighted by molar-refractivity contribution is 8.01. The minimum atomic E-state index is -0.626. The molecule has 3 aliphatic rings. The van der Waals surface area contributed by atoms with Gasteiger partial charge in [0.25, 0.3) is 5.91 Å². The summed E-state index contributed by atoms with van der Waals surface area (Å²) in [6.45, 7) is 4.01. The minimum Gasteiger partial charge on any atom is -0.352 e. The van der Waals surface area contributed by atoms with Gasteiger partial charge in [0.1, 0.15) is 17.5 Å². The summed E-state index contributed by atoms with van der Waals surface area (Å²) in [5, 5.41) is 5.98. The third-order valence-corrected chi connectivity index (χ3v) is 8.67. The molecule has 2 heterocycles. The van der Waals surface area contributed by atoms with Crippen LogP contribution in [0.4, 0.5) is 0 Å². The van der Waals surface area contributed by atoms with Crippen molar-refractivity contribution < 1.29 is 14.4 Å². The van der Waals surface area contributed by atoms with Crippen LogP contribution < -0.4 is 10.6 Å². The maximum absolute atomic E-state index is 13.5. The number of rotatable bonds is 7. The number of carbonyl (C=O) groups excluding carboxylic acids is 3. The summed E-state index contributed by atoms with van der Waals surface area (Å²) < 4.78 is -0.454. The summed E-state index contributed by atoms with van der Waals surface area (Å²) in [7, 11) is 0. The Morgan fingerprint density at radius 1 is 1.26 bits per heavy atom. The molecule has 31 heavy (non-hydrogen) atoms. The maximum Gasteiger partial charge on any atom is 0.256 e. The van der Waals surface area contributed by atoms with Crippen molar-refractivity contribution in [3.8, 4) is 0 Å². The molecular formula is C23H31N3O3S2. The van der Waals surface area contributed by atoms with Gasteiger partial charge in [-0.3, -0.25) is 14.4 Å². The zero-order valence-electron chi connectivity index (χ0n) is 18.3. The first-order valence-corrected chi connectivity index (χ1v) is 13.3. The molecule has 2 aliphatic heterocycles. The largest absolute Gasteiger partial charge is 0.352 e. The lowest BCUT2D eigenvalue weighted by atomic mass is 10.00. The second-order valence-electron chi connectivity index (χ2n) is 9.11. The molecule has 4 rings (SSSR count). The number of benzene rings is 1. The molecule has 0 unspecified atom stereocenters. The van der Waals surface area contributed by atoms with Gasteiger partial charge in [0.15, 0.2) is 0 Å². The van der Waals surface area contributed by atoms with Gasteiger partial charge in [-0.15, -0.1) is 11.8 Å². The van der Waals surface area contributed by atoms with E-state index in [1.54, 1.807) is 28.4 Å². The fraction of sp³-hybridized carbons (Fsp3) is 0.609. The van der Waals surface area contributed by atoms with Gasteiger partial charge in [-0.05, 0) is 56.7 Å². The predicted octanol–water partition coefficient (Wildman–Crippen LogP) is 3.33. The minimum absolute atomic E-state index is 0.102. The second-order valence-corrected chi connectivity index (χ2v) is 11.8. The van der Waals surface area contributed by atoms with E-state index in [0.717, 1.165) is 37.0 Å². The van der Waals surface area contributed by atoms with E-state index in [1.165, 1.54) is 0 Å². The van der Waals surface area contributed by atoms with E-state index in [4.69, 9.17) is 0 Å². The number of carbonyl (C=O) groups is 3. The van der Waals surface area contributed by atoms with E-state index in [9.17, 15) is 14.4 Å². The van der Waals surface area contributed by atoms with Crippen molar-refractivity contribution in [1.82, 2.24) is 15.5 Å². The van der Waals surface area contributed by atoms with Crippen LogP contribution in [-0.2, 0) is 9.59 Å². The first-order chi connectivity index (χ1) is 14.8. The number of nitrogens with one attached hydrogen (secondary N) is 2. The third-order valence-electron chi connectivity index (χ3n) is 6.49. The Labute approximate surface area is 192 Å². The van der Waals surface area contributed by atoms with Crippen LogP contribution in [0, 0.1) is 0 Å². The molecule has 1 aliphatic carbocycles. The molecule has 1 saturated carbocycles. The van der Waals surface area contributed by atoms with Crippen LogP contribution in [-0.4, -0.2) is 57.5 Å². The van der Waals surface area contributed by atoms with E-state index < -0.39 is 16.8 Å². The number of hydrogen-bond acceptors (Lipinski definition) is 5. The first-order valence-electron chi connectivity index (χ1n) is 11.0. The van der Waals surface area contributed by atoms with Crippen LogP contribution in [0.2, 0.25) is 0 Å². The van der Waals surface area contributed by atoms with Gasteiger partial charge in [0, 0.05) is 16.4 Å². The van der Waals surface area contributed by atoms with Crippen molar-refractivity contribution in [2.75, 3.05) is 12.0 Å². The van der Waals surface area contributed by atoms with E-state index in [0.29, 0.717) is 12.0 Å². The van der Waals surface area contributed by atoms with Crippen LogP contribution in [0.3, 0.4) is 0 Å². The number of fused-ring (bicyclic) bond motifs is 3.